The Morgan fingerprint density at radius 1 is 1.10 bits per heavy atom. The van der Waals surface area contributed by atoms with E-state index in [-0.39, 0.29) is 6.04 Å². The second-order valence-corrected chi connectivity index (χ2v) is 4.92. The molecule has 2 nitrogen and oxygen atoms in total. The second kappa shape index (κ2) is 7.18. The minimum atomic E-state index is -0.809. The Bertz CT molecular complexity index is 584. The lowest BCUT2D eigenvalue weighted by atomic mass is 10.1. The normalized spacial score (nSPS) is 12.2. The molecule has 0 saturated heterocycles. The van der Waals surface area contributed by atoms with Crippen LogP contribution in [0.3, 0.4) is 0 Å². The van der Waals surface area contributed by atoms with Gasteiger partial charge in [0.05, 0.1) is 7.11 Å². The van der Waals surface area contributed by atoms with Crippen molar-refractivity contribution in [3.63, 3.8) is 0 Å². The van der Waals surface area contributed by atoms with E-state index >= 15 is 0 Å². The molecule has 0 aliphatic rings. The molecule has 0 aliphatic carbocycles. The quantitative estimate of drug-likeness (QED) is 0.872. The first-order chi connectivity index (χ1) is 10.1. The van der Waals surface area contributed by atoms with Crippen LogP contribution in [0, 0.1) is 11.6 Å². The summed E-state index contributed by atoms with van der Waals surface area (Å²) < 4.78 is 31.9. The highest BCUT2D eigenvalue weighted by molar-refractivity contribution is 5.27. The van der Waals surface area contributed by atoms with E-state index in [1.807, 2.05) is 31.2 Å². The minimum absolute atomic E-state index is 0.237. The molecule has 0 radical (unpaired) electrons. The minimum Gasteiger partial charge on any atom is -0.497 e. The van der Waals surface area contributed by atoms with Crippen LogP contribution >= 0.6 is 0 Å². The third kappa shape index (κ3) is 4.02. The first kappa shape index (κ1) is 15.4. The molecule has 0 aromatic heterocycles. The van der Waals surface area contributed by atoms with Crippen LogP contribution in [0.15, 0.2) is 42.5 Å². The number of hydrogen-bond donors (Lipinski definition) is 1. The highest BCUT2D eigenvalue weighted by Crippen LogP contribution is 2.19. The molecule has 0 amide bonds. The number of hydrogen-bond acceptors (Lipinski definition) is 2. The SMILES string of the molecule is COc1ccc(CCNC(C)c2cccc(F)c2F)cc1. The molecule has 2 rings (SSSR count). The molecule has 112 valence electrons. The largest absolute Gasteiger partial charge is 0.497 e. The summed E-state index contributed by atoms with van der Waals surface area (Å²) in [5.41, 5.74) is 1.51. The standard InChI is InChI=1S/C17H19F2NO/c1-12(15-4-3-5-16(18)17(15)19)20-11-10-13-6-8-14(21-2)9-7-13/h3-9,12,20H,10-11H2,1-2H3. The van der Waals surface area contributed by atoms with Crippen LogP contribution < -0.4 is 10.1 Å². The maximum Gasteiger partial charge on any atom is 0.163 e. The first-order valence-electron chi connectivity index (χ1n) is 6.92. The molecule has 4 heteroatoms. The number of rotatable bonds is 6. The van der Waals surface area contributed by atoms with Crippen molar-refractivity contribution in [1.82, 2.24) is 5.32 Å². The van der Waals surface area contributed by atoms with E-state index in [0.717, 1.165) is 23.8 Å². The summed E-state index contributed by atoms with van der Waals surface area (Å²) in [4.78, 5) is 0. The van der Waals surface area contributed by atoms with Crippen LogP contribution in [0.1, 0.15) is 24.1 Å². The van der Waals surface area contributed by atoms with Gasteiger partial charge in [0.25, 0.3) is 0 Å². The van der Waals surface area contributed by atoms with E-state index in [2.05, 4.69) is 5.32 Å². The highest BCUT2D eigenvalue weighted by atomic mass is 19.2. The number of halogens is 2. The van der Waals surface area contributed by atoms with Gasteiger partial charge in [0.15, 0.2) is 11.6 Å². The summed E-state index contributed by atoms with van der Waals surface area (Å²) >= 11 is 0. The maximum atomic E-state index is 13.7. The topological polar surface area (TPSA) is 21.3 Å². The van der Waals surface area contributed by atoms with Crippen molar-refractivity contribution in [2.75, 3.05) is 13.7 Å². The van der Waals surface area contributed by atoms with Crippen molar-refractivity contribution in [3.05, 3.63) is 65.2 Å². The third-order valence-corrected chi connectivity index (χ3v) is 3.47. The molecular weight excluding hydrogens is 272 g/mol. The molecule has 0 heterocycles. The predicted molar refractivity (Wildman–Crippen MR) is 79.5 cm³/mol. The molecule has 1 unspecified atom stereocenters. The Morgan fingerprint density at radius 2 is 1.81 bits per heavy atom. The van der Waals surface area contributed by atoms with E-state index in [0.29, 0.717) is 12.1 Å². The number of methoxy groups -OCH3 is 1. The number of benzene rings is 2. The Balaban J connectivity index is 1.89. The van der Waals surface area contributed by atoms with Crippen LogP contribution in [-0.4, -0.2) is 13.7 Å². The zero-order valence-corrected chi connectivity index (χ0v) is 12.2. The van der Waals surface area contributed by atoms with E-state index < -0.39 is 11.6 Å². The molecule has 0 bridgehead atoms. The Hall–Kier alpha value is -1.94. The lowest BCUT2D eigenvalue weighted by Crippen LogP contribution is -2.22. The zero-order chi connectivity index (χ0) is 15.2. The molecule has 2 aromatic rings. The van der Waals surface area contributed by atoms with Crippen LogP contribution in [-0.2, 0) is 6.42 Å². The summed E-state index contributed by atoms with van der Waals surface area (Å²) in [6.45, 7) is 2.51. The summed E-state index contributed by atoms with van der Waals surface area (Å²) in [5.74, 6) is -0.764. The maximum absolute atomic E-state index is 13.7. The monoisotopic (exact) mass is 291 g/mol. The molecule has 2 aromatic carbocycles. The number of nitrogens with one attached hydrogen (secondary N) is 1. The van der Waals surface area contributed by atoms with Crippen LogP contribution in [0.25, 0.3) is 0 Å². The summed E-state index contributed by atoms with van der Waals surface area (Å²) in [6.07, 6.45) is 0.811. The van der Waals surface area contributed by atoms with Crippen LogP contribution in [0.4, 0.5) is 8.78 Å². The van der Waals surface area contributed by atoms with Crippen molar-refractivity contribution in [3.8, 4) is 5.75 Å². The fourth-order valence-electron chi connectivity index (χ4n) is 2.19. The van der Waals surface area contributed by atoms with E-state index in [9.17, 15) is 8.78 Å². The Labute approximate surface area is 123 Å². The van der Waals surface area contributed by atoms with Gasteiger partial charge in [-0.25, -0.2) is 8.78 Å². The van der Waals surface area contributed by atoms with Gasteiger partial charge >= 0.3 is 0 Å². The van der Waals surface area contributed by atoms with Gasteiger partial charge in [0.2, 0.25) is 0 Å². The molecular formula is C17H19F2NO. The fraction of sp³-hybridized carbons (Fsp3) is 0.294. The van der Waals surface area contributed by atoms with Crippen molar-refractivity contribution >= 4 is 0 Å². The summed E-state index contributed by atoms with van der Waals surface area (Å²) in [5, 5.41) is 3.21. The highest BCUT2D eigenvalue weighted by Gasteiger charge is 2.13. The van der Waals surface area contributed by atoms with Gasteiger partial charge in [0, 0.05) is 11.6 Å². The lowest BCUT2D eigenvalue weighted by molar-refractivity contribution is 0.414. The molecule has 0 fully saturated rings. The molecule has 0 saturated carbocycles. The van der Waals surface area contributed by atoms with E-state index in [4.69, 9.17) is 4.74 Å². The van der Waals surface area contributed by atoms with E-state index in [1.54, 1.807) is 13.2 Å². The lowest BCUT2D eigenvalue weighted by Gasteiger charge is -2.15. The second-order valence-electron chi connectivity index (χ2n) is 4.92. The van der Waals surface area contributed by atoms with Crippen LogP contribution in [0.2, 0.25) is 0 Å². The third-order valence-electron chi connectivity index (χ3n) is 3.47. The van der Waals surface area contributed by atoms with Gasteiger partial charge in [-0.05, 0) is 43.7 Å². The fourth-order valence-corrected chi connectivity index (χ4v) is 2.19. The molecule has 0 spiro atoms. The molecule has 1 atom stereocenters. The van der Waals surface area contributed by atoms with Gasteiger partial charge in [-0.2, -0.15) is 0 Å². The van der Waals surface area contributed by atoms with Crippen molar-refractivity contribution < 1.29 is 13.5 Å². The van der Waals surface area contributed by atoms with Crippen LogP contribution in [0.5, 0.6) is 5.75 Å². The van der Waals surface area contributed by atoms with E-state index in [1.165, 1.54) is 6.07 Å². The Kier molecular flexibility index (Phi) is 5.28. The van der Waals surface area contributed by atoms with Gasteiger partial charge < -0.3 is 10.1 Å². The molecule has 1 N–H and O–H groups in total. The Morgan fingerprint density at radius 3 is 2.48 bits per heavy atom. The molecule has 0 aliphatic heterocycles. The van der Waals surface area contributed by atoms with Crippen molar-refractivity contribution in [2.24, 2.45) is 0 Å². The van der Waals surface area contributed by atoms with Gasteiger partial charge in [-0.3, -0.25) is 0 Å². The average Bonchev–Trinajstić information content (AvgIpc) is 2.50. The smallest absolute Gasteiger partial charge is 0.163 e. The predicted octanol–water partition coefficient (Wildman–Crippen LogP) is 3.87. The zero-order valence-electron chi connectivity index (χ0n) is 12.2. The number of ether oxygens (including phenoxy) is 1. The summed E-state index contributed by atoms with van der Waals surface area (Å²) in [7, 11) is 1.63. The van der Waals surface area contributed by atoms with Gasteiger partial charge in [-0.1, -0.05) is 24.3 Å². The van der Waals surface area contributed by atoms with Crippen molar-refractivity contribution in [1.29, 1.82) is 0 Å². The average molecular weight is 291 g/mol. The van der Waals surface area contributed by atoms with Gasteiger partial charge in [-0.15, -0.1) is 0 Å². The summed E-state index contributed by atoms with van der Waals surface area (Å²) in [6, 6.07) is 11.8. The van der Waals surface area contributed by atoms with Gasteiger partial charge in [0.1, 0.15) is 5.75 Å². The molecule has 21 heavy (non-hydrogen) atoms. The van der Waals surface area contributed by atoms with Crippen molar-refractivity contribution in [2.45, 2.75) is 19.4 Å². The first-order valence-corrected chi connectivity index (χ1v) is 6.92.